The Morgan fingerprint density at radius 3 is 2.45 bits per heavy atom. The number of carbonyl (C=O) groups excluding carboxylic acids is 1. The molecule has 0 bridgehead atoms. The number of hydrogen-bond donors (Lipinski definition) is 1. The average Bonchev–Trinajstić information content (AvgIpc) is 2.45. The number of terminal acetylenes is 1. The van der Waals surface area contributed by atoms with E-state index in [9.17, 15) is 4.79 Å². The number of hydrogen-bond acceptors (Lipinski definition) is 3. The van der Waals surface area contributed by atoms with E-state index in [1.54, 1.807) is 0 Å². The maximum Gasteiger partial charge on any atom is 0.326 e. The maximum atomic E-state index is 12.3. The Kier molecular flexibility index (Phi) is 6.07. The minimum absolute atomic E-state index is 0.136. The Morgan fingerprint density at radius 1 is 1.40 bits per heavy atom. The van der Waals surface area contributed by atoms with Crippen molar-refractivity contribution in [2.24, 2.45) is 11.3 Å². The molecule has 3 nitrogen and oxygen atoms in total. The third-order valence-electron chi connectivity index (χ3n) is 5.05. The van der Waals surface area contributed by atoms with Gasteiger partial charge in [-0.3, -0.25) is 10.1 Å². The van der Waals surface area contributed by atoms with Crippen molar-refractivity contribution >= 4 is 5.97 Å². The molecule has 0 aromatic heterocycles. The first kappa shape index (κ1) is 17.0. The molecule has 0 heterocycles. The Labute approximate surface area is 123 Å². The average molecular weight is 279 g/mol. The minimum atomic E-state index is -0.567. The van der Waals surface area contributed by atoms with Crippen LogP contribution in [0.2, 0.25) is 0 Å². The van der Waals surface area contributed by atoms with Gasteiger partial charge in [-0.25, -0.2) is 0 Å². The summed E-state index contributed by atoms with van der Waals surface area (Å²) in [5.41, 5.74) is -0.227. The van der Waals surface area contributed by atoms with Gasteiger partial charge < -0.3 is 4.74 Å². The van der Waals surface area contributed by atoms with Gasteiger partial charge in [-0.05, 0) is 43.9 Å². The second-order valence-electron chi connectivity index (χ2n) is 6.48. The summed E-state index contributed by atoms with van der Waals surface area (Å²) in [5.74, 6) is 3.10. The predicted molar refractivity (Wildman–Crippen MR) is 82.2 cm³/mol. The lowest BCUT2D eigenvalue weighted by Crippen LogP contribution is -2.55. The highest BCUT2D eigenvalue weighted by Gasteiger charge is 2.45. The van der Waals surface area contributed by atoms with E-state index in [0.29, 0.717) is 24.5 Å². The molecule has 114 valence electrons. The molecule has 0 aromatic carbocycles. The molecule has 0 aromatic rings. The van der Waals surface area contributed by atoms with Crippen molar-refractivity contribution in [3.63, 3.8) is 0 Å². The van der Waals surface area contributed by atoms with Crippen LogP contribution in [0.5, 0.6) is 0 Å². The van der Waals surface area contributed by atoms with E-state index >= 15 is 0 Å². The topological polar surface area (TPSA) is 38.3 Å². The summed E-state index contributed by atoms with van der Waals surface area (Å²) >= 11 is 0. The maximum absolute atomic E-state index is 12.3. The summed E-state index contributed by atoms with van der Waals surface area (Å²) < 4.78 is 5.26. The lowest BCUT2D eigenvalue weighted by molar-refractivity contribution is -0.153. The SMILES string of the molecule is C#CCNC1(C(=O)OCC)CCC(C(C)(C)CC)CC1. The van der Waals surface area contributed by atoms with Crippen molar-refractivity contribution in [3.05, 3.63) is 0 Å². The zero-order chi connectivity index (χ0) is 15.2. The molecule has 1 aliphatic carbocycles. The number of ether oxygens (including phenoxy) is 1. The fraction of sp³-hybridized carbons (Fsp3) is 0.824. The molecule has 0 amide bonds. The molecule has 0 saturated heterocycles. The lowest BCUT2D eigenvalue weighted by Gasteiger charge is -2.43. The zero-order valence-electron chi connectivity index (χ0n) is 13.4. The van der Waals surface area contributed by atoms with Crippen molar-refractivity contribution in [1.29, 1.82) is 0 Å². The molecule has 1 rings (SSSR count). The largest absolute Gasteiger partial charge is 0.465 e. The first-order valence-corrected chi connectivity index (χ1v) is 7.77. The molecule has 3 heteroatoms. The van der Waals surface area contributed by atoms with Gasteiger partial charge >= 0.3 is 5.97 Å². The highest BCUT2D eigenvalue weighted by atomic mass is 16.5. The van der Waals surface area contributed by atoms with Crippen LogP contribution in [0.4, 0.5) is 0 Å². The smallest absolute Gasteiger partial charge is 0.326 e. The van der Waals surface area contributed by atoms with E-state index in [1.807, 2.05) is 6.92 Å². The second kappa shape index (κ2) is 7.13. The van der Waals surface area contributed by atoms with E-state index in [2.05, 4.69) is 32.0 Å². The minimum Gasteiger partial charge on any atom is -0.465 e. The van der Waals surface area contributed by atoms with E-state index in [-0.39, 0.29) is 5.97 Å². The molecule has 0 unspecified atom stereocenters. The van der Waals surface area contributed by atoms with E-state index < -0.39 is 5.54 Å². The van der Waals surface area contributed by atoms with Crippen LogP contribution in [-0.2, 0) is 9.53 Å². The van der Waals surface area contributed by atoms with Crippen LogP contribution in [0.1, 0.15) is 59.8 Å². The molecule has 1 N–H and O–H groups in total. The van der Waals surface area contributed by atoms with Crippen LogP contribution in [0.3, 0.4) is 0 Å². The summed E-state index contributed by atoms with van der Waals surface area (Å²) in [4.78, 5) is 12.3. The summed E-state index contributed by atoms with van der Waals surface area (Å²) in [7, 11) is 0. The molecule has 0 aliphatic heterocycles. The molecule has 1 aliphatic rings. The summed E-state index contributed by atoms with van der Waals surface area (Å²) in [5, 5.41) is 3.25. The fourth-order valence-electron chi connectivity index (χ4n) is 3.12. The van der Waals surface area contributed by atoms with E-state index in [0.717, 1.165) is 25.7 Å². The van der Waals surface area contributed by atoms with Gasteiger partial charge in [0.15, 0.2) is 0 Å². The Hall–Kier alpha value is -1.01. The Bertz CT molecular complexity index is 360. The van der Waals surface area contributed by atoms with Crippen LogP contribution in [0.25, 0.3) is 0 Å². The van der Waals surface area contributed by atoms with Gasteiger partial charge in [-0.2, -0.15) is 0 Å². The van der Waals surface area contributed by atoms with E-state index in [4.69, 9.17) is 11.2 Å². The molecular formula is C17H29NO2. The standard InChI is InChI=1S/C17H29NO2/c1-6-13-18-17(15(19)20-8-3)11-9-14(10-12-17)16(4,5)7-2/h1,14,18H,7-13H2,2-5H3. The first-order valence-electron chi connectivity index (χ1n) is 7.77. The Balaban J connectivity index is 2.76. The highest BCUT2D eigenvalue weighted by molar-refractivity contribution is 5.81. The number of rotatable bonds is 6. The molecule has 1 fully saturated rings. The van der Waals surface area contributed by atoms with Gasteiger partial charge in [0.2, 0.25) is 0 Å². The van der Waals surface area contributed by atoms with Crippen molar-refractivity contribution in [3.8, 4) is 12.3 Å². The van der Waals surface area contributed by atoms with Gasteiger partial charge in [0.25, 0.3) is 0 Å². The molecular weight excluding hydrogens is 250 g/mol. The quantitative estimate of drug-likeness (QED) is 0.599. The number of nitrogens with one attached hydrogen (secondary N) is 1. The van der Waals surface area contributed by atoms with Crippen molar-refractivity contribution in [2.75, 3.05) is 13.2 Å². The van der Waals surface area contributed by atoms with Crippen molar-refractivity contribution < 1.29 is 9.53 Å². The monoisotopic (exact) mass is 279 g/mol. The molecule has 0 radical (unpaired) electrons. The third-order valence-corrected chi connectivity index (χ3v) is 5.05. The van der Waals surface area contributed by atoms with E-state index in [1.165, 1.54) is 6.42 Å². The highest BCUT2D eigenvalue weighted by Crippen LogP contribution is 2.43. The van der Waals surface area contributed by atoms with Gasteiger partial charge in [-0.1, -0.05) is 33.1 Å². The first-order chi connectivity index (χ1) is 9.41. The van der Waals surface area contributed by atoms with Gasteiger partial charge in [-0.15, -0.1) is 6.42 Å². The van der Waals surface area contributed by atoms with Crippen LogP contribution >= 0.6 is 0 Å². The molecule has 1 saturated carbocycles. The number of esters is 1. The lowest BCUT2D eigenvalue weighted by atomic mass is 9.65. The molecule has 20 heavy (non-hydrogen) atoms. The zero-order valence-corrected chi connectivity index (χ0v) is 13.4. The molecule has 0 atom stereocenters. The van der Waals surface area contributed by atoms with Crippen molar-refractivity contribution in [2.45, 2.75) is 65.3 Å². The van der Waals surface area contributed by atoms with Crippen LogP contribution in [-0.4, -0.2) is 24.7 Å². The Morgan fingerprint density at radius 2 is 2.00 bits per heavy atom. The predicted octanol–water partition coefficient (Wildman–Crippen LogP) is 3.14. The summed E-state index contributed by atoms with van der Waals surface area (Å²) in [6.07, 6.45) is 10.2. The fourth-order valence-corrected chi connectivity index (χ4v) is 3.12. The van der Waals surface area contributed by atoms with Gasteiger partial charge in [0.1, 0.15) is 5.54 Å². The summed E-state index contributed by atoms with van der Waals surface area (Å²) in [6.45, 7) is 9.57. The van der Waals surface area contributed by atoms with Crippen LogP contribution in [0, 0.1) is 23.7 Å². The van der Waals surface area contributed by atoms with Crippen molar-refractivity contribution in [1.82, 2.24) is 5.32 Å². The van der Waals surface area contributed by atoms with Gasteiger partial charge in [0.05, 0.1) is 13.2 Å². The second-order valence-corrected chi connectivity index (χ2v) is 6.48. The molecule has 0 spiro atoms. The normalized spacial score (nSPS) is 26.9. The third kappa shape index (κ3) is 3.76. The van der Waals surface area contributed by atoms with Crippen LogP contribution < -0.4 is 5.32 Å². The van der Waals surface area contributed by atoms with Crippen LogP contribution in [0.15, 0.2) is 0 Å². The number of carbonyl (C=O) groups is 1. The van der Waals surface area contributed by atoms with Gasteiger partial charge in [0, 0.05) is 0 Å². The summed E-state index contributed by atoms with van der Waals surface area (Å²) in [6, 6.07) is 0.